The fourth-order valence-electron chi connectivity index (χ4n) is 4.75. The van der Waals surface area contributed by atoms with Crippen molar-refractivity contribution in [1.29, 1.82) is 0 Å². The molecule has 2 atom stereocenters. The third-order valence-corrected chi connectivity index (χ3v) is 5.95. The summed E-state index contributed by atoms with van der Waals surface area (Å²) in [6, 6.07) is 13.4. The van der Waals surface area contributed by atoms with Gasteiger partial charge in [0.2, 0.25) is 5.88 Å². The second kappa shape index (κ2) is 5.99. The topological polar surface area (TPSA) is 66.5 Å². The number of anilines is 1. The van der Waals surface area contributed by atoms with Crippen molar-refractivity contribution in [2.45, 2.75) is 31.0 Å². The van der Waals surface area contributed by atoms with Crippen LogP contribution in [0.4, 0.5) is 10.5 Å². The molecule has 3 saturated heterocycles. The monoisotopic (exact) mass is 350 g/mol. The molecule has 0 radical (unpaired) electrons. The molecular weight excluding hydrogens is 328 g/mol. The van der Waals surface area contributed by atoms with Crippen LogP contribution in [-0.4, -0.2) is 40.8 Å². The third kappa shape index (κ3) is 2.44. The van der Waals surface area contributed by atoms with Gasteiger partial charge in [0.25, 0.3) is 0 Å². The minimum Gasteiger partial charge on any atom is -0.467 e. The fraction of sp³-hybridized carbons (Fsp3) is 0.400. The Balaban J connectivity index is 1.40. The molecule has 0 saturated carbocycles. The van der Waals surface area contributed by atoms with Crippen molar-refractivity contribution < 1.29 is 9.53 Å². The van der Waals surface area contributed by atoms with Crippen LogP contribution in [0.3, 0.4) is 0 Å². The van der Waals surface area contributed by atoms with Crippen molar-refractivity contribution in [2.75, 3.05) is 18.4 Å². The smallest absolute Gasteiger partial charge is 0.320 e. The number of amides is 2. The second-order valence-electron chi connectivity index (χ2n) is 7.38. The molecule has 1 aromatic carbocycles. The van der Waals surface area contributed by atoms with E-state index in [1.54, 1.807) is 6.20 Å². The lowest BCUT2D eigenvalue weighted by molar-refractivity contribution is -0.134. The molecule has 2 aromatic rings. The fourth-order valence-corrected chi connectivity index (χ4v) is 4.75. The summed E-state index contributed by atoms with van der Waals surface area (Å²) in [6.07, 6.45) is 4.63. The van der Waals surface area contributed by atoms with E-state index in [9.17, 15) is 4.79 Å². The predicted octanol–water partition coefficient (Wildman–Crippen LogP) is 2.63. The number of hydrogen-bond acceptors (Lipinski definition) is 4. The van der Waals surface area contributed by atoms with E-state index >= 15 is 0 Å². The highest BCUT2D eigenvalue weighted by Gasteiger charge is 2.59. The molecule has 26 heavy (non-hydrogen) atoms. The molecule has 1 aromatic heterocycles. The number of carbonyl (C=O) groups is 1. The quantitative estimate of drug-likeness (QED) is 0.874. The van der Waals surface area contributed by atoms with Crippen molar-refractivity contribution in [3.05, 3.63) is 54.2 Å². The average molecular weight is 350 g/mol. The van der Waals surface area contributed by atoms with Crippen molar-refractivity contribution in [1.82, 2.24) is 15.2 Å². The zero-order chi connectivity index (χ0) is 17.6. The Hall–Kier alpha value is -2.60. The second-order valence-corrected chi connectivity index (χ2v) is 7.38. The standard InChI is InChI=1S/C20H22N4O2/c25-19(22-16-6-2-1-3-7-16)23-18-20(15-8-11-24(18)12-9-15)13-14-5-4-10-21-17(14)26-20/h1-7,10,15,18H,8-9,11-13H2,(H2,22,23,25). The lowest BCUT2D eigenvalue weighted by atomic mass is 9.71. The summed E-state index contributed by atoms with van der Waals surface area (Å²) in [7, 11) is 0. The summed E-state index contributed by atoms with van der Waals surface area (Å²) in [5.74, 6) is 1.15. The van der Waals surface area contributed by atoms with Gasteiger partial charge in [0, 0.05) is 42.9 Å². The van der Waals surface area contributed by atoms with Crippen molar-refractivity contribution >= 4 is 11.7 Å². The van der Waals surface area contributed by atoms with E-state index < -0.39 is 5.60 Å². The molecular formula is C20H22N4O2. The number of piperidine rings is 3. The van der Waals surface area contributed by atoms with Crippen LogP contribution in [0.1, 0.15) is 18.4 Å². The Morgan fingerprint density at radius 2 is 1.96 bits per heavy atom. The van der Waals surface area contributed by atoms with E-state index in [-0.39, 0.29) is 12.2 Å². The molecule has 2 bridgehead atoms. The van der Waals surface area contributed by atoms with Crippen LogP contribution in [0.15, 0.2) is 48.7 Å². The van der Waals surface area contributed by atoms with Crippen LogP contribution in [0.2, 0.25) is 0 Å². The van der Waals surface area contributed by atoms with E-state index in [1.165, 1.54) is 0 Å². The average Bonchev–Trinajstić information content (AvgIpc) is 3.05. The molecule has 5 heterocycles. The van der Waals surface area contributed by atoms with E-state index in [0.29, 0.717) is 5.92 Å². The zero-order valence-corrected chi connectivity index (χ0v) is 14.5. The molecule has 2 N–H and O–H groups in total. The molecule has 6 nitrogen and oxygen atoms in total. The summed E-state index contributed by atoms with van der Waals surface area (Å²) < 4.78 is 6.44. The van der Waals surface area contributed by atoms with Gasteiger partial charge in [-0.25, -0.2) is 9.78 Å². The highest BCUT2D eigenvalue weighted by molar-refractivity contribution is 5.89. The Bertz CT molecular complexity index is 793. The summed E-state index contributed by atoms with van der Waals surface area (Å²) in [5, 5.41) is 6.12. The summed E-state index contributed by atoms with van der Waals surface area (Å²) in [4.78, 5) is 19.4. The SMILES string of the molecule is O=C(Nc1ccccc1)NC1N2CCC(CC2)C12Cc1cccnc1O2. The molecule has 134 valence electrons. The first-order valence-electron chi connectivity index (χ1n) is 9.24. The molecule has 2 unspecified atom stereocenters. The van der Waals surface area contributed by atoms with Crippen LogP contribution >= 0.6 is 0 Å². The molecule has 4 aliphatic rings. The molecule has 3 fully saturated rings. The first-order valence-corrected chi connectivity index (χ1v) is 9.24. The van der Waals surface area contributed by atoms with Crippen molar-refractivity contribution in [3.63, 3.8) is 0 Å². The highest BCUT2D eigenvalue weighted by atomic mass is 16.5. The van der Waals surface area contributed by atoms with Gasteiger partial charge in [-0.2, -0.15) is 0 Å². The maximum absolute atomic E-state index is 12.6. The number of nitrogens with one attached hydrogen (secondary N) is 2. The van der Waals surface area contributed by atoms with Gasteiger partial charge in [-0.15, -0.1) is 0 Å². The summed E-state index contributed by atoms with van der Waals surface area (Å²) in [6.45, 7) is 1.99. The Kier molecular flexibility index (Phi) is 3.60. The Morgan fingerprint density at radius 3 is 2.73 bits per heavy atom. The largest absolute Gasteiger partial charge is 0.467 e. The Morgan fingerprint density at radius 1 is 1.15 bits per heavy atom. The van der Waals surface area contributed by atoms with Gasteiger partial charge in [-0.05, 0) is 31.0 Å². The van der Waals surface area contributed by atoms with E-state index in [4.69, 9.17) is 4.74 Å². The number of pyridine rings is 1. The van der Waals surface area contributed by atoms with Gasteiger partial charge in [0.1, 0.15) is 6.17 Å². The van der Waals surface area contributed by atoms with E-state index in [0.717, 1.165) is 49.5 Å². The van der Waals surface area contributed by atoms with Gasteiger partial charge in [0.15, 0.2) is 5.60 Å². The van der Waals surface area contributed by atoms with Crippen LogP contribution in [0.25, 0.3) is 0 Å². The first-order chi connectivity index (χ1) is 12.7. The molecule has 1 spiro atoms. The summed E-state index contributed by atoms with van der Waals surface area (Å²) in [5.41, 5.74) is 1.50. The van der Waals surface area contributed by atoms with Gasteiger partial charge in [-0.3, -0.25) is 4.90 Å². The maximum atomic E-state index is 12.6. The minimum atomic E-state index is -0.415. The number of hydrogen-bond donors (Lipinski definition) is 2. The number of benzene rings is 1. The van der Waals surface area contributed by atoms with Crippen molar-refractivity contribution in [2.24, 2.45) is 5.92 Å². The van der Waals surface area contributed by atoms with Gasteiger partial charge < -0.3 is 15.4 Å². The van der Waals surface area contributed by atoms with E-state index in [2.05, 4.69) is 26.6 Å². The summed E-state index contributed by atoms with van der Waals surface area (Å²) >= 11 is 0. The number of rotatable bonds is 2. The molecule has 6 rings (SSSR count). The third-order valence-electron chi connectivity index (χ3n) is 5.95. The number of urea groups is 1. The van der Waals surface area contributed by atoms with Crippen molar-refractivity contribution in [3.8, 4) is 5.88 Å². The molecule has 0 aliphatic carbocycles. The predicted molar refractivity (Wildman–Crippen MR) is 98.0 cm³/mol. The number of ether oxygens (including phenoxy) is 1. The molecule has 2 amide bonds. The van der Waals surface area contributed by atoms with Crippen LogP contribution in [0, 0.1) is 5.92 Å². The van der Waals surface area contributed by atoms with Gasteiger partial charge in [0.05, 0.1) is 0 Å². The number of carbonyl (C=O) groups excluding carboxylic acids is 1. The molecule has 4 aliphatic heterocycles. The number of aromatic nitrogens is 1. The van der Waals surface area contributed by atoms with Gasteiger partial charge in [-0.1, -0.05) is 24.3 Å². The zero-order valence-electron chi connectivity index (χ0n) is 14.5. The maximum Gasteiger partial charge on any atom is 0.320 e. The lowest BCUT2D eigenvalue weighted by Gasteiger charge is -2.56. The van der Waals surface area contributed by atoms with Crippen LogP contribution < -0.4 is 15.4 Å². The normalized spacial score (nSPS) is 31.3. The minimum absolute atomic E-state index is 0.145. The highest BCUT2D eigenvalue weighted by Crippen LogP contribution is 2.48. The number of fused-ring (bicyclic) bond motifs is 3. The van der Waals surface area contributed by atoms with Crippen LogP contribution in [0.5, 0.6) is 5.88 Å². The first kappa shape index (κ1) is 15.6. The van der Waals surface area contributed by atoms with E-state index in [1.807, 2.05) is 36.4 Å². The molecule has 6 heteroatoms. The number of para-hydroxylation sites is 1. The van der Waals surface area contributed by atoms with Crippen LogP contribution in [-0.2, 0) is 6.42 Å². The number of nitrogens with zero attached hydrogens (tertiary/aromatic N) is 2. The lowest BCUT2D eigenvalue weighted by Crippen LogP contribution is -2.73. The Labute approximate surface area is 152 Å². The van der Waals surface area contributed by atoms with Gasteiger partial charge >= 0.3 is 6.03 Å².